The van der Waals surface area contributed by atoms with Crippen LogP contribution in [0.3, 0.4) is 0 Å². The molecule has 0 saturated heterocycles. The van der Waals surface area contributed by atoms with Crippen LogP contribution in [0.1, 0.15) is 23.0 Å². The molecule has 0 spiro atoms. The van der Waals surface area contributed by atoms with E-state index in [0.29, 0.717) is 23.3 Å². The lowest BCUT2D eigenvalue weighted by atomic mass is 9.95. The van der Waals surface area contributed by atoms with Gasteiger partial charge in [0.2, 0.25) is 0 Å². The van der Waals surface area contributed by atoms with Gasteiger partial charge in [-0.1, -0.05) is 6.07 Å². The van der Waals surface area contributed by atoms with E-state index in [9.17, 15) is 4.79 Å². The van der Waals surface area contributed by atoms with Crippen LogP contribution in [0.4, 0.5) is 0 Å². The van der Waals surface area contributed by atoms with Gasteiger partial charge in [0.05, 0.1) is 36.7 Å². The van der Waals surface area contributed by atoms with E-state index in [0.717, 1.165) is 40.3 Å². The standard InChI is InChI=1S/C22H20N4O3/c1-12-18(10-23-26-12)13-3-5-17-19(9-13)24-21(25-22(17)27)15-7-14-8-16(28-2)4-6-20(14)29-11-15/h3-6,8-10,15H,7,11H2,1-2H3,(H,23,26)(H,24,25,27). The van der Waals surface area contributed by atoms with Crippen LogP contribution < -0.4 is 15.0 Å². The fourth-order valence-corrected chi connectivity index (χ4v) is 3.83. The van der Waals surface area contributed by atoms with Gasteiger partial charge < -0.3 is 14.5 Å². The second kappa shape index (κ2) is 6.77. The molecule has 1 atom stereocenters. The van der Waals surface area contributed by atoms with Crippen molar-refractivity contribution in [2.24, 2.45) is 0 Å². The first-order valence-corrected chi connectivity index (χ1v) is 9.46. The summed E-state index contributed by atoms with van der Waals surface area (Å²) in [5.41, 5.74) is 4.52. The Balaban J connectivity index is 1.55. The number of fused-ring (bicyclic) bond motifs is 2. The second-order valence-corrected chi connectivity index (χ2v) is 7.28. The highest BCUT2D eigenvalue weighted by Gasteiger charge is 2.24. The van der Waals surface area contributed by atoms with E-state index in [2.05, 4.69) is 15.2 Å². The van der Waals surface area contributed by atoms with Gasteiger partial charge in [-0.15, -0.1) is 0 Å². The molecule has 0 bridgehead atoms. The molecule has 0 fully saturated rings. The molecule has 0 amide bonds. The Morgan fingerprint density at radius 3 is 2.90 bits per heavy atom. The normalized spacial score (nSPS) is 15.7. The molecular formula is C22H20N4O3. The summed E-state index contributed by atoms with van der Waals surface area (Å²) in [5.74, 6) is 2.24. The number of rotatable bonds is 3. The zero-order valence-electron chi connectivity index (χ0n) is 16.2. The van der Waals surface area contributed by atoms with Crippen LogP contribution >= 0.6 is 0 Å². The van der Waals surface area contributed by atoms with Gasteiger partial charge in [0.25, 0.3) is 5.56 Å². The summed E-state index contributed by atoms with van der Waals surface area (Å²) in [6.07, 6.45) is 2.51. The van der Waals surface area contributed by atoms with Gasteiger partial charge in [-0.05, 0) is 54.8 Å². The molecule has 1 aliphatic heterocycles. The molecule has 0 aliphatic carbocycles. The highest BCUT2D eigenvalue weighted by molar-refractivity contribution is 5.83. The highest BCUT2D eigenvalue weighted by Crippen LogP contribution is 2.34. The maximum absolute atomic E-state index is 12.7. The van der Waals surface area contributed by atoms with Crippen molar-refractivity contribution in [3.8, 4) is 22.6 Å². The number of nitrogens with zero attached hydrogens (tertiary/aromatic N) is 2. The third kappa shape index (κ3) is 3.04. The lowest BCUT2D eigenvalue weighted by Crippen LogP contribution is -2.24. The highest BCUT2D eigenvalue weighted by atomic mass is 16.5. The van der Waals surface area contributed by atoms with Crippen molar-refractivity contribution in [2.45, 2.75) is 19.3 Å². The van der Waals surface area contributed by atoms with E-state index in [4.69, 9.17) is 14.5 Å². The Bertz CT molecular complexity index is 1270. The maximum atomic E-state index is 12.7. The van der Waals surface area contributed by atoms with Gasteiger partial charge in [-0.2, -0.15) is 5.10 Å². The molecule has 2 N–H and O–H groups in total. The third-order valence-corrected chi connectivity index (χ3v) is 5.43. The predicted octanol–water partition coefficient (Wildman–Crippen LogP) is 3.35. The van der Waals surface area contributed by atoms with Gasteiger partial charge in [0.15, 0.2) is 0 Å². The molecule has 1 aliphatic rings. The van der Waals surface area contributed by atoms with E-state index in [1.807, 2.05) is 43.3 Å². The van der Waals surface area contributed by atoms with E-state index in [-0.39, 0.29) is 11.5 Å². The molecule has 4 aromatic rings. The number of nitrogens with one attached hydrogen (secondary N) is 2. The number of benzene rings is 2. The SMILES string of the molecule is COc1ccc2c(c1)CC(c1nc3cc(-c4cn[nH]c4C)ccc3c(=O)[nH]1)CO2. The van der Waals surface area contributed by atoms with Crippen molar-refractivity contribution in [1.29, 1.82) is 0 Å². The lowest BCUT2D eigenvalue weighted by molar-refractivity contribution is 0.257. The van der Waals surface area contributed by atoms with Gasteiger partial charge >= 0.3 is 0 Å². The number of H-pyrrole nitrogens is 2. The lowest BCUT2D eigenvalue weighted by Gasteiger charge is -2.25. The summed E-state index contributed by atoms with van der Waals surface area (Å²) in [6.45, 7) is 2.43. The first kappa shape index (κ1) is 17.5. The Morgan fingerprint density at radius 1 is 1.21 bits per heavy atom. The number of aromatic nitrogens is 4. The van der Waals surface area contributed by atoms with E-state index in [1.165, 1.54) is 0 Å². The number of methoxy groups -OCH3 is 1. The summed E-state index contributed by atoms with van der Waals surface area (Å²) < 4.78 is 11.2. The minimum atomic E-state index is -0.142. The molecule has 146 valence electrons. The zero-order valence-corrected chi connectivity index (χ0v) is 16.2. The van der Waals surface area contributed by atoms with E-state index < -0.39 is 0 Å². The molecule has 1 unspecified atom stereocenters. The molecule has 2 aromatic heterocycles. The average molecular weight is 388 g/mol. The number of aromatic amines is 2. The van der Waals surface area contributed by atoms with Gasteiger partial charge in [0.1, 0.15) is 17.3 Å². The third-order valence-electron chi connectivity index (χ3n) is 5.43. The van der Waals surface area contributed by atoms with Crippen molar-refractivity contribution >= 4 is 10.9 Å². The average Bonchev–Trinajstić information content (AvgIpc) is 3.18. The van der Waals surface area contributed by atoms with Crippen LogP contribution in [0.15, 0.2) is 47.4 Å². The largest absolute Gasteiger partial charge is 0.497 e. The smallest absolute Gasteiger partial charge is 0.258 e. The number of aryl methyl sites for hydroxylation is 1. The molecular weight excluding hydrogens is 368 g/mol. The molecule has 0 radical (unpaired) electrons. The minimum Gasteiger partial charge on any atom is -0.497 e. The van der Waals surface area contributed by atoms with Crippen molar-refractivity contribution < 1.29 is 9.47 Å². The van der Waals surface area contributed by atoms with Crippen LogP contribution in [-0.2, 0) is 6.42 Å². The van der Waals surface area contributed by atoms with Crippen LogP contribution in [0.5, 0.6) is 11.5 Å². The molecule has 0 saturated carbocycles. The number of ether oxygens (including phenoxy) is 2. The zero-order chi connectivity index (χ0) is 20.0. The molecule has 7 nitrogen and oxygen atoms in total. The summed E-state index contributed by atoms with van der Waals surface area (Å²) in [4.78, 5) is 20.4. The Hall–Kier alpha value is -3.61. The minimum absolute atomic E-state index is 0.0361. The van der Waals surface area contributed by atoms with Gasteiger partial charge in [-0.3, -0.25) is 9.89 Å². The van der Waals surface area contributed by atoms with Crippen molar-refractivity contribution in [3.63, 3.8) is 0 Å². The number of hydrogen-bond donors (Lipinski definition) is 2. The van der Waals surface area contributed by atoms with Gasteiger partial charge in [-0.25, -0.2) is 4.98 Å². The first-order valence-electron chi connectivity index (χ1n) is 9.46. The monoisotopic (exact) mass is 388 g/mol. The van der Waals surface area contributed by atoms with Crippen molar-refractivity contribution in [2.75, 3.05) is 13.7 Å². The molecule has 29 heavy (non-hydrogen) atoms. The summed E-state index contributed by atoms with van der Waals surface area (Å²) in [5, 5.41) is 7.59. The molecule has 7 heteroatoms. The van der Waals surface area contributed by atoms with Crippen molar-refractivity contribution in [1.82, 2.24) is 20.2 Å². The maximum Gasteiger partial charge on any atom is 0.258 e. The summed E-state index contributed by atoms with van der Waals surface area (Å²) in [7, 11) is 1.64. The summed E-state index contributed by atoms with van der Waals surface area (Å²) in [6, 6.07) is 11.4. The fourth-order valence-electron chi connectivity index (χ4n) is 3.83. The fraction of sp³-hybridized carbons (Fsp3) is 0.227. The Morgan fingerprint density at radius 2 is 2.10 bits per heavy atom. The number of hydrogen-bond acceptors (Lipinski definition) is 5. The van der Waals surface area contributed by atoms with E-state index >= 15 is 0 Å². The molecule has 3 heterocycles. The topological polar surface area (TPSA) is 92.9 Å². The second-order valence-electron chi connectivity index (χ2n) is 7.28. The first-order chi connectivity index (χ1) is 14.1. The van der Waals surface area contributed by atoms with Crippen LogP contribution in [-0.4, -0.2) is 33.9 Å². The summed E-state index contributed by atoms with van der Waals surface area (Å²) >= 11 is 0. The van der Waals surface area contributed by atoms with Crippen LogP contribution in [0, 0.1) is 6.92 Å². The quantitative estimate of drug-likeness (QED) is 0.561. The van der Waals surface area contributed by atoms with Gasteiger partial charge in [0, 0.05) is 11.3 Å². The van der Waals surface area contributed by atoms with Crippen molar-refractivity contribution in [3.05, 3.63) is 70.0 Å². The Labute approximate surface area is 166 Å². The van der Waals surface area contributed by atoms with Crippen LogP contribution in [0.25, 0.3) is 22.0 Å². The van der Waals surface area contributed by atoms with E-state index in [1.54, 1.807) is 13.3 Å². The molecule has 5 rings (SSSR count). The molecule has 2 aromatic carbocycles. The Kier molecular flexibility index (Phi) is 4.08. The predicted molar refractivity (Wildman–Crippen MR) is 110 cm³/mol. The van der Waals surface area contributed by atoms with Crippen LogP contribution in [0.2, 0.25) is 0 Å².